The van der Waals surface area contributed by atoms with Crippen molar-refractivity contribution in [2.24, 2.45) is 22.4 Å². The summed E-state index contributed by atoms with van der Waals surface area (Å²) in [6.45, 7) is 5.55. The molecule has 0 saturated carbocycles. The maximum absolute atomic E-state index is 12.2. The van der Waals surface area contributed by atoms with Gasteiger partial charge >= 0.3 is 5.97 Å². The van der Waals surface area contributed by atoms with Crippen LogP contribution in [0.1, 0.15) is 37.6 Å². The fraction of sp³-hybridized carbons (Fsp3) is 0.444. The van der Waals surface area contributed by atoms with Gasteiger partial charge in [0.25, 0.3) is 5.91 Å². The molecule has 6 N–H and O–H groups in total. The van der Waals surface area contributed by atoms with Crippen molar-refractivity contribution in [1.82, 2.24) is 10.6 Å². The van der Waals surface area contributed by atoms with Crippen molar-refractivity contribution in [3.05, 3.63) is 29.8 Å². The maximum Gasteiger partial charge on any atom is 0.307 e. The molecule has 0 spiro atoms. The second kappa shape index (κ2) is 10.8. The number of amides is 2. The van der Waals surface area contributed by atoms with Gasteiger partial charge in [0.2, 0.25) is 5.91 Å². The van der Waals surface area contributed by atoms with E-state index in [1.165, 1.54) is 6.07 Å². The lowest BCUT2D eigenvalue weighted by Crippen LogP contribution is -2.45. The number of hydrogen-bond acceptors (Lipinski definition) is 5. The number of nitrogens with zero attached hydrogens (tertiary/aromatic N) is 1. The van der Waals surface area contributed by atoms with Gasteiger partial charge in [-0.1, -0.05) is 19.9 Å². The van der Waals surface area contributed by atoms with Crippen LogP contribution in [-0.2, 0) is 14.3 Å². The van der Waals surface area contributed by atoms with Gasteiger partial charge in [-0.05, 0) is 31.0 Å². The molecule has 0 bridgehead atoms. The van der Waals surface area contributed by atoms with Crippen LogP contribution >= 0.6 is 0 Å². The first-order valence-corrected chi connectivity index (χ1v) is 8.65. The van der Waals surface area contributed by atoms with Gasteiger partial charge in [-0.15, -0.1) is 0 Å². The molecule has 0 aliphatic rings. The Labute approximate surface area is 158 Å². The number of nitrogens with two attached hydrogens (primary N) is 2. The number of esters is 1. The fourth-order valence-electron chi connectivity index (χ4n) is 2.24. The largest absolute Gasteiger partial charge is 0.466 e. The summed E-state index contributed by atoms with van der Waals surface area (Å²) in [6, 6.07) is 5.98. The highest BCUT2D eigenvalue weighted by atomic mass is 16.5. The van der Waals surface area contributed by atoms with Gasteiger partial charge in [-0.3, -0.25) is 14.4 Å². The minimum absolute atomic E-state index is 0.0327. The molecule has 1 aromatic carbocycles. The Morgan fingerprint density at radius 2 is 1.93 bits per heavy atom. The monoisotopic (exact) mass is 377 g/mol. The molecule has 9 nitrogen and oxygen atoms in total. The summed E-state index contributed by atoms with van der Waals surface area (Å²) >= 11 is 0. The van der Waals surface area contributed by atoms with E-state index >= 15 is 0 Å². The third-order valence-electron chi connectivity index (χ3n) is 3.62. The van der Waals surface area contributed by atoms with Gasteiger partial charge in [0.1, 0.15) is 0 Å². The normalized spacial score (nSPS) is 11.4. The third-order valence-corrected chi connectivity index (χ3v) is 3.62. The lowest BCUT2D eigenvalue weighted by Gasteiger charge is -2.21. The smallest absolute Gasteiger partial charge is 0.307 e. The summed E-state index contributed by atoms with van der Waals surface area (Å²) in [5.41, 5.74) is 11.4. The van der Waals surface area contributed by atoms with Crippen LogP contribution < -0.4 is 22.1 Å². The number of carbonyl (C=O) groups excluding carboxylic acids is 3. The highest BCUT2D eigenvalue weighted by Gasteiger charge is 2.20. The van der Waals surface area contributed by atoms with Crippen molar-refractivity contribution < 1.29 is 19.1 Å². The van der Waals surface area contributed by atoms with E-state index in [-0.39, 0.29) is 43.5 Å². The number of carbonyl (C=O) groups is 3. The fourth-order valence-corrected chi connectivity index (χ4v) is 2.24. The topological polar surface area (TPSA) is 149 Å². The van der Waals surface area contributed by atoms with Gasteiger partial charge < -0.3 is 26.8 Å². The lowest BCUT2D eigenvalue weighted by atomic mass is 10.0. The highest BCUT2D eigenvalue weighted by molar-refractivity contribution is 5.97. The summed E-state index contributed by atoms with van der Waals surface area (Å²) in [5.74, 6) is -1.30. The molecular weight excluding hydrogens is 350 g/mol. The molecule has 27 heavy (non-hydrogen) atoms. The van der Waals surface area contributed by atoms with Crippen molar-refractivity contribution in [1.29, 1.82) is 0 Å². The van der Waals surface area contributed by atoms with Crippen molar-refractivity contribution in [3.8, 4) is 0 Å². The molecule has 1 rings (SSSR count). The summed E-state index contributed by atoms with van der Waals surface area (Å²) in [6.07, 6.45) is 0.0752. The van der Waals surface area contributed by atoms with Gasteiger partial charge in [-0.2, -0.15) is 0 Å². The van der Waals surface area contributed by atoms with Crippen LogP contribution in [0.25, 0.3) is 0 Å². The van der Waals surface area contributed by atoms with Crippen molar-refractivity contribution in [3.63, 3.8) is 0 Å². The van der Waals surface area contributed by atoms with Crippen molar-refractivity contribution in [2.75, 3.05) is 13.2 Å². The SMILES string of the molecule is CCOC(=O)CC(NC(=O)CNC(=O)c1cccc(N=C(N)N)c1)C(C)C. The second-order valence-corrected chi connectivity index (χ2v) is 6.20. The van der Waals surface area contributed by atoms with Crippen LogP contribution in [0.5, 0.6) is 0 Å². The van der Waals surface area contributed by atoms with Crippen LogP contribution in [0.4, 0.5) is 5.69 Å². The molecule has 9 heteroatoms. The molecule has 0 fully saturated rings. The molecule has 0 radical (unpaired) electrons. The first-order chi connectivity index (χ1) is 12.7. The Morgan fingerprint density at radius 1 is 1.22 bits per heavy atom. The number of aliphatic imine (C=N–C) groups is 1. The first kappa shape index (κ1) is 21.9. The number of guanidine groups is 1. The van der Waals surface area contributed by atoms with E-state index in [9.17, 15) is 14.4 Å². The van der Waals surface area contributed by atoms with Gasteiger partial charge in [0.05, 0.1) is 25.3 Å². The standard InChI is InChI=1S/C18H27N5O4/c1-4-27-16(25)9-14(11(2)3)23-15(24)10-21-17(26)12-6-5-7-13(8-12)22-18(19)20/h5-8,11,14H,4,9-10H2,1-3H3,(H,21,26)(H,23,24)(H4,19,20,22). The molecule has 2 amide bonds. The number of rotatable bonds is 9. The Morgan fingerprint density at radius 3 is 2.52 bits per heavy atom. The van der Waals surface area contributed by atoms with E-state index in [2.05, 4.69) is 15.6 Å². The number of ether oxygens (including phenoxy) is 1. The zero-order valence-corrected chi connectivity index (χ0v) is 15.8. The molecule has 0 saturated heterocycles. The molecule has 1 aromatic rings. The summed E-state index contributed by atoms with van der Waals surface area (Å²) in [5, 5.41) is 5.26. The quantitative estimate of drug-likeness (QED) is 0.278. The van der Waals surface area contributed by atoms with E-state index in [0.717, 1.165) is 0 Å². The average molecular weight is 377 g/mol. The summed E-state index contributed by atoms with van der Waals surface area (Å²) < 4.78 is 4.91. The Balaban J connectivity index is 2.61. The van der Waals surface area contributed by atoms with Crippen LogP contribution in [0.2, 0.25) is 0 Å². The first-order valence-electron chi connectivity index (χ1n) is 8.65. The molecule has 0 heterocycles. The van der Waals surface area contributed by atoms with Crippen LogP contribution in [0.15, 0.2) is 29.3 Å². The van der Waals surface area contributed by atoms with E-state index < -0.39 is 11.8 Å². The third kappa shape index (κ3) is 8.21. The molecule has 1 unspecified atom stereocenters. The van der Waals surface area contributed by atoms with Crippen LogP contribution in [0.3, 0.4) is 0 Å². The lowest BCUT2D eigenvalue weighted by molar-refractivity contribution is -0.144. The predicted octanol–water partition coefficient (Wildman–Crippen LogP) is 0.415. The number of hydrogen-bond donors (Lipinski definition) is 4. The van der Waals surface area contributed by atoms with Crippen molar-refractivity contribution in [2.45, 2.75) is 33.2 Å². The van der Waals surface area contributed by atoms with Crippen molar-refractivity contribution >= 4 is 29.4 Å². The Kier molecular flexibility index (Phi) is 8.77. The molecular formula is C18H27N5O4. The average Bonchev–Trinajstić information content (AvgIpc) is 2.58. The molecule has 148 valence electrons. The Bertz CT molecular complexity index is 699. The minimum atomic E-state index is -0.440. The minimum Gasteiger partial charge on any atom is -0.466 e. The zero-order chi connectivity index (χ0) is 20.4. The number of nitrogens with one attached hydrogen (secondary N) is 2. The van der Waals surface area contributed by atoms with Gasteiger partial charge in [0.15, 0.2) is 5.96 Å². The molecule has 1 atom stereocenters. The second-order valence-electron chi connectivity index (χ2n) is 6.20. The van der Waals surface area contributed by atoms with E-state index in [1.54, 1.807) is 25.1 Å². The van der Waals surface area contributed by atoms with Crippen LogP contribution in [-0.4, -0.2) is 42.9 Å². The molecule has 0 aliphatic heterocycles. The Hall–Kier alpha value is -3.10. The summed E-state index contributed by atoms with van der Waals surface area (Å²) in [7, 11) is 0. The zero-order valence-electron chi connectivity index (χ0n) is 15.8. The molecule has 0 aliphatic carbocycles. The van der Waals surface area contributed by atoms with Gasteiger partial charge in [-0.25, -0.2) is 4.99 Å². The van der Waals surface area contributed by atoms with Gasteiger partial charge in [0, 0.05) is 11.6 Å². The summed E-state index contributed by atoms with van der Waals surface area (Å²) in [4.78, 5) is 39.8. The van der Waals surface area contributed by atoms with E-state index in [0.29, 0.717) is 11.3 Å². The van der Waals surface area contributed by atoms with E-state index in [1.807, 2.05) is 13.8 Å². The predicted molar refractivity (Wildman–Crippen MR) is 102 cm³/mol. The van der Waals surface area contributed by atoms with E-state index in [4.69, 9.17) is 16.2 Å². The highest BCUT2D eigenvalue weighted by Crippen LogP contribution is 2.13. The number of benzene rings is 1. The maximum atomic E-state index is 12.2. The van der Waals surface area contributed by atoms with Crippen LogP contribution in [0, 0.1) is 5.92 Å². The molecule has 0 aromatic heterocycles.